The van der Waals surface area contributed by atoms with Crippen LogP contribution in [0.4, 0.5) is 5.69 Å². The Hall–Kier alpha value is -2.01. The summed E-state index contributed by atoms with van der Waals surface area (Å²) in [4.78, 5) is 0. The summed E-state index contributed by atoms with van der Waals surface area (Å²) in [6.45, 7) is 1.56. The summed E-state index contributed by atoms with van der Waals surface area (Å²) in [5.41, 5.74) is 8.99. The lowest BCUT2D eigenvalue weighted by Crippen LogP contribution is -2.14. The smallest absolute Gasteiger partial charge is 0.115 e. The Morgan fingerprint density at radius 2 is 1.91 bits per heavy atom. The largest absolute Gasteiger partial charge is 0.508 e. The lowest BCUT2D eigenvalue weighted by atomic mass is 9.86. The first-order chi connectivity index (χ1) is 11.3. The molecule has 5 heteroatoms. The third-order valence-corrected chi connectivity index (χ3v) is 4.59. The molecule has 0 atom stereocenters. The molecule has 124 valence electrons. The highest BCUT2D eigenvalue weighted by molar-refractivity contribution is 5.52. The van der Waals surface area contributed by atoms with Gasteiger partial charge in [-0.05, 0) is 50.1 Å². The summed E-state index contributed by atoms with van der Waals surface area (Å²) in [6.07, 6.45) is 9.22. The van der Waals surface area contributed by atoms with E-state index in [2.05, 4.69) is 10.4 Å². The highest BCUT2D eigenvalue weighted by Gasteiger charge is 2.23. The Kier molecular flexibility index (Phi) is 5.18. The highest BCUT2D eigenvalue weighted by atomic mass is 16.3. The van der Waals surface area contributed by atoms with Crippen molar-refractivity contribution < 1.29 is 5.11 Å². The van der Waals surface area contributed by atoms with Gasteiger partial charge in [-0.2, -0.15) is 5.10 Å². The van der Waals surface area contributed by atoms with E-state index in [1.54, 1.807) is 12.1 Å². The standard InChI is InChI=1S/C18H26N4O/c19-11-4-12-20-17-13-21-22(15-7-9-16(23)10-8-15)18(17)14-5-2-1-3-6-14/h7-10,13-14,20,23H,1-6,11-12,19H2. The molecule has 1 aromatic heterocycles. The highest BCUT2D eigenvalue weighted by Crippen LogP contribution is 2.37. The van der Waals surface area contributed by atoms with E-state index in [1.165, 1.54) is 37.8 Å². The summed E-state index contributed by atoms with van der Waals surface area (Å²) in [6, 6.07) is 7.25. The maximum absolute atomic E-state index is 9.52. The minimum absolute atomic E-state index is 0.279. The van der Waals surface area contributed by atoms with Crippen molar-refractivity contribution >= 4 is 5.69 Å². The number of nitrogens with two attached hydrogens (primary N) is 1. The molecule has 5 nitrogen and oxygen atoms in total. The van der Waals surface area contributed by atoms with E-state index in [1.807, 2.05) is 23.0 Å². The van der Waals surface area contributed by atoms with Crippen LogP contribution in [0.5, 0.6) is 5.75 Å². The van der Waals surface area contributed by atoms with Crippen molar-refractivity contribution in [1.82, 2.24) is 9.78 Å². The number of anilines is 1. The monoisotopic (exact) mass is 314 g/mol. The molecular formula is C18H26N4O. The summed E-state index contributed by atoms with van der Waals surface area (Å²) in [5.74, 6) is 0.821. The molecule has 1 aromatic carbocycles. The maximum Gasteiger partial charge on any atom is 0.115 e. The Bertz CT molecular complexity index is 614. The number of nitrogens with zero attached hydrogens (tertiary/aromatic N) is 2. The number of hydrogen-bond acceptors (Lipinski definition) is 4. The zero-order valence-electron chi connectivity index (χ0n) is 13.5. The first-order valence-corrected chi connectivity index (χ1v) is 8.61. The van der Waals surface area contributed by atoms with Gasteiger partial charge in [-0.3, -0.25) is 0 Å². The Morgan fingerprint density at radius 3 is 2.61 bits per heavy atom. The van der Waals surface area contributed by atoms with Gasteiger partial charge in [0.15, 0.2) is 0 Å². The number of rotatable bonds is 6. The number of phenolic OH excluding ortho intramolecular Hbond substituents is 1. The Balaban J connectivity index is 1.92. The minimum atomic E-state index is 0.279. The average molecular weight is 314 g/mol. The second-order valence-electron chi connectivity index (χ2n) is 6.28. The van der Waals surface area contributed by atoms with Gasteiger partial charge < -0.3 is 16.2 Å². The van der Waals surface area contributed by atoms with Gasteiger partial charge in [0, 0.05) is 12.5 Å². The molecule has 1 aliphatic carbocycles. The molecule has 0 saturated heterocycles. The van der Waals surface area contributed by atoms with Crippen LogP contribution in [0.2, 0.25) is 0 Å². The topological polar surface area (TPSA) is 76.1 Å². The average Bonchev–Trinajstić information content (AvgIpc) is 3.00. The minimum Gasteiger partial charge on any atom is -0.508 e. The van der Waals surface area contributed by atoms with Crippen LogP contribution < -0.4 is 11.1 Å². The third kappa shape index (κ3) is 3.67. The van der Waals surface area contributed by atoms with Crippen LogP contribution in [-0.2, 0) is 0 Å². The third-order valence-electron chi connectivity index (χ3n) is 4.59. The first-order valence-electron chi connectivity index (χ1n) is 8.61. The van der Waals surface area contributed by atoms with Crippen LogP contribution in [-0.4, -0.2) is 28.0 Å². The molecule has 1 aliphatic rings. The van der Waals surface area contributed by atoms with E-state index in [-0.39, 0.29) is 5.75 Å². The van der Waals surface area contributed by atoms with E-state index < -0.39 is 0 Å². The SMILES string of the molecule is NCCCNc1cnn(-c2ccc(O)cc2)c1C1CCCCC1. The van der Waals surface area contributed by atoms with Gasteiger partial charge in [0.25, 0.3) is 0 Å². The van der Waals surface area contributed by atoms with Crippen LogP contribution in [0.1, 0.15) is 50.1 Å². The number of aromatic nitrogens is 2. The van der Waals surface area contributed by atoms with Crippen LogP contribution in [0, 0.1) is 0 Å². The fourth-order valence-electron chi connectivity index (χ4n) is 3.39. The van der Waals surface area contributed by atoms with E-state index in [4.69, 9.17) is 5.73 Å². The van der Waals surface area contributed by atoms with Gasteiger partial charge in [-0.1, -0.05) is 19.3 Å². The predicted molar refractivity (Wildman–Crippen MR) is 93.2 cm³/mol. The number of aromatic hydroxyl groups is 1. The van der Waals surface area contributed by atoms with Gasteiger partial charge in [-0.25, -0.2) is 4.68 Å². The van der Waals surface area contributed by atoms with Crippen LogP contribution in [0.3, 0.4) is 0 Å². The predicted octanol–water partition coefficient (Wildman–Crippen LogP) is 3.39. The van der Waals surface area contributed by atoms with Gasteiger partial charge in [0.1, 0.15) is 5.75 Å². The van der Waals surface area contributed by atoms with Gasteiger partial charge in [-0.15, -0.1) is 0 Å². The normalized spacial score (nSPS) is 15.7. The Morgan fingerprint density at radius 1 is 1.17 bits per heavy atom. The van der Waals surface area contributed by atoms with E-state index in [9.17, 15) is 5.11 Å². The molecule has 1 saturated carbocycles. The van der Waals surface area contributed by atoms with Crippen molar-refractivity contribution in [1.29, 1.82) is 0 Å². The van der Waals surface area contributed by atoms with Crippen molar-refractivity contribution in [2.45, 2.75) is 44.4 Å². The quantitative estimate of drug-likeness (QED) is 0.714. The molecule has 2 aromatic rings. The van der Waals surface area contributed by atoms with Crippen molar-refractivity contribution in [2.24, 2.45) is 5.73 Å². The Labute approximate surface area is 137 Å². The zero-order valence-corrected chi connectivity index (χ0v) is 13.5. The van der Waals surface area contributed by atoms with Gasteiger partial charge in [0.05, 0.1) is 23.3 Å². The van der Waals surface area contributed by atoms with Gasteiger partial charge >= 0.3 is 0 Å². The molecule has 0 radical (unpaired) electrons. The lowest BCUT2D eigenvalue weighted by Gasteiger charge is -2.24. The molecule has 1 fully saturated rings. The van der Waals surface area contributed by atoms with Crippen LogP contribution in [0.25, 0.3) is 5.69 Å². The molecule has 0 aliphatic heterocycles. The van der Waals surface area contributed by atoms with E-state index >= 15 is 0 Å². The number of benzene rings is 1. The maximum atomic E-state index is 9.52. The summed E-state index contributed by atoms with van der Waals surface area (Å²) < 4.78 is 2.03. The van der Waals surface area contributed by atoms with Gasteiger partial charge in [0.2, 0.25) is 0 Å². The number of hydrogen-bond donors (Lipinski definition) is 3. The van der Waals surface area contributed by atoms with Crippen LogP contribution >= 0.6 is 0 Å². The molecule has 0 spiro atoms. The molecule has 4 N–H and O–H groups in total. The van der Waals surface area contributed by atoms with Crippen molar-refractivity contribution in [2.75, 3.05) is 18.4 Å². The molecule has 0 unspecified atom stereocenters. The summed E-state index contributed by atoms with van der Waals surface area (Å²) in [7, 11) is 0. The molecule has 0 bridgehead atoms. The fraction of sp³-hybridized carbons (Fsp3) is 0.500. The fourth-order valence-corrected chi connectivity index (χ4v) is 3.39. The van der Waals surface area contributed by atoms with E-state index in [0.29, 0.717) is 12.5 Å². The van der Waals surface area contributed by atoms with E-state index in [0.717, 1.165) is 24.3 Å². The molecule has 23 heavy (non-hydrogen) atoms. The van der Waals surface area contributed by atoms with Crippen LogP contribution in [0.15, 0.2) is 30.5 Å². The second kappa shape index (κ2) is 7.51. The molecule has 0 amide bonds. The molecular weight excluding hydrogens is 288 g/mol. The van der Waals surface area contributed by atoms with Crippen molar-refractivity contribution in [3.8, 4) is 11.4 Å². The van der Waals surface area contributed by atoms with Crippen molar-refractivity contribution in [3.63, 3.8) is 0 Å². The molecule has 3 rings (SSSR count). The summed E-state index contributed by atoms with van der Waals surface area (Å²) >= 11 is 0. The zero-order chi connectivity index (χ0) is 16.1. The summed E-state index contributed by atoms with van der Waals surface area (Å²) in [5, 5.41) is 17.6. The lowest BCUT2D eigenvalue weighted by molar-refractivity contribution is 0.430. The second-order valence-corrected chi connectivity index (χ2v) is 6.28. The first kappa shape index (κ1) is 15.9. The van der Waals surface area contributed by atoms with Crippen molar-refractivity contribution in [3.05, 3.63) is 36.2 Å². The number of nitrogens with one attached hydrogen (secondary N) is 1. The number of phenols is 1. The molecule has 1 heterocycles.